The first kappa shape index (κ1) is 7.25. The lowest BCUT2D eigenvalue weighted by atomic mass is 9.77. The van der Waals surface area contributed by atoms with Crippen molar-refractivity contribution in [3.05, 3.63) is 0 Å². The zero-order chi connectivity index (χ0) is 7.73. The van der Waals surface area contributed by atoms with Crippen molar-refractivity contribution in [3.8, 4) is 0 Å². The van der Waals surface area contributed by atoms with Crippen LogP contribution < -0.4 is 10.6 Å². The van der Waals surface area contributed by atoms with Crippen molar-refractivity contribution in [2.45, 2.75) is 12.8 Å². The molecule has 2 aliphatic rings. The van der Waals surface area contributed by atoms with Crippen molar-refractivity contribution in [1.82, 2.24) is 10.6 Å². The molecule has 0 aliphatic carbocycles. The van der Waals surface area contributed by atoms with E-state index in [2.05, 4.69) is 10.6 Å². The molecule has 0 aromatic rings. The number of hydrogen-bond donors (Lipinski definition) is 2. The highest BCUT2D eigenvalue weighted by atomic mass is 16.1. The summed E-state index contributed by atoms with van der Waals surface area (Å²) < 4.78 is 0. The molecule has 2 N–H and O–H groups in total. The number of carbonyl (C=O) groups excluding carboxylic acids is 1. The summed E-state index contributed by atoms with van der Waals surface area (Å²) in [7, 11) is 0. The van der Waals surface area contributed by atoms with Gasteiger partial charge in [0.05, 0.1) is 6.54 Å². The predicted molar refractivity (Wildman–Crippen MR) is 42.4 cm³/mol. The Kier molecular flexibility index (Phi) is 1.69. The first-order chi connectivity index (χ1) is 5.33. The van der Waals surface area contributed by atoms with Crippen LogP contribution in [-0.2, 0) is 4.79 Å². The number of piperidine rings is 1. The molecule has 0 aromatic carbocycles. The van der Waals surface area contributed by atoms with Gasteiger partial charge in [0.2, 0.25) is 0 Å². The largest absolute Gasteiger partial charge is 0.316 e. The van der Waals surface area contributed by atoms with Crippen LogP contribution in [0.3, 0.4) is 0 Å². The molecule has 2 rings (SSSR count). The summed E-state index contributed by atoms with van der Waals surface area (Å²) in [4.78, 5) is 11.5. The molecule has 1 atom stereocenters. The van der Waals surface area contributed by atoms with Crippen LogP contribution in [0.2, 0.25) is 0 Å². The standard InChI is InChI=1S/C8H14N2O/c11-7-5-9-3-1-8(7)2-4-10-6-8/h9-10H,1-6H2. The van der Waals surface area contributed by atoms with Crippen molar-refractivity contribution in [3.63, 3.8) is 0 Å². The highest BCUT2D eigenvalue weighted by molar-refractivity contribution is 5.88. The molecular weight excluding hydrogens is 140 g/mol. The summed E-state index contributed by atoms with van der Waals surface area (Å²) in [6.45, 7) is 3.52. The van der Waals surface area contributed by atoms with Crippen LogP contribution in [0.4, 0.5) is 0 Å². The minimum absolute atomic E-state index is 0.0191. The third-order valence-corrected chi connectivity index (χ3v) is 2.90. The molecular formula is C8H14N2O. The van der Waals surface area contributed by atoms with Gasteiger partial charge in [0.25, 0.3) is 0 Å². The minimum Gasteiger partial charge on any atom is -0.316 e. The highest BCUT2D eigenvalue weighted by Gasteiger charge is 2.41. The molecule has 11 heavy (non-hydrogen) atoms. The molecule has 0 amide bonds. The molecule has 1 unspecified atom stereocenters. The zero-order valence-corrected chi connectivity index (χ0v) is 6.65. The lowest BCUT2D eigenvalue weighted by molar-refractivity contribution is -0.128. The van der Waals surface area contributed by atoms with Gasteiger partial charge in [0.15, 0.2) is 5.78 Å². The smallest absolute Gasteiger partial charge is 0.154 e. The van der Waals surface area contributed by atoms with Crippen LogP contribution in [0, 0.1) is 5.41 Å². The molecule has 1 spiro atoms. The van der Waals surface area contributed by atoms with Gasteiger partial charge < -0.3 is 10.6 Å². The maximum Gasteiger partial charge on any atom is 0.154 e. The molecule has 62 valence electrons. The third-order valence-electron chi connectivity index (χ3n) is 2.90. The second-order valence-electron chi connectivity index (χ2n) is 3.56. The molecule has 2 fully saturated rings. The number of rotatable bonds is 0. The van der Waals surface area contributed by atoms with Gasteiger partial charge in [-0.25, -0.2) is 0 Å². The molecule has 0 bridgehead atoms. The average Bonchev–Trinajstić information content (AvgIpc) is 2.46. The molecule has 0 saturated carbocycles. The molecule has 2 heterocycles. The molecule has 0 aromatic heterocycles. The van der Waals surface area contributed by atoms with E-state index in [-0.39, 0.29) is 5.41 Å². The Balaban J connectivity index is 2.13. The average molecular weight is 154 g/mol. The van der Waals surface area contributed by atoms with Crippen molar-refractivity contribution < 1.29 is 4.79 Å². The second kappa shape index (κ2) is 2.57. The first-order valence-corrected chi connectivity index (χ1v) is 4.28. The van der Waals surface area contributed by atoms with Crippen LogP contribution in [0.15, 0.2) is 0 Å². The van der Waals surface area contributed by atoms with E-state index >= 15 is 0 Å². The number of ketones is 1. The van der Waals surface area contributed by atoms with E-state index in [4.69, 9.17) is 0 Å². The Morgan fingerprint density at radius 1 is 1.18 bits per heavy atom. The SMILES string of the molecule is O=C1CNCCC12CCNC2. The van der Waals surface area contributed by atoms with Gasteiger partial charge in [-0.05, 0) is 25.9 Å². The minimum atomic E-state index is 0.0191. The van der Waals surface area contributed by atoms with Gasteiger partial charge in [-0.2, -0.15) is 0 Å². The van der Waals surface area contributed by atoms with E-state index in [1.54, 1.807) is 0 Å². The van der Waals surface area contributed by atoms with Gasteiger partial charge in [0, 0.05) is 12.0 Å². The summed E-state index contributed by atoms with van der Waals surface area (Å²) in [6.07, 6.45) is 2.08. The number of hydrogen-bond acceptors (Lipinski definition) is 3. The number of carbonyl (C=O) groups is 1. The fourth-order valence-corrected chi connectivity index (χ4v) is 2.05. The molecule has 2 saturated heterocycles. The summed E-state index contributed by atoms with van der Waals surface area (Å²) in [5.74, 6) is 0.411. The van der Waals surface area contributed by atoms with E-state index in [0.29, 0.717) is 12.3 Å². The van der Waals surface area contributed by atoms with E-state index in [1.165, 1.54) is 0 Å². The van der Waals surface area contributed by atoms with E-state index in [1.807, 2.05) is 0 Å². The van der Waals surface area contributed by atoms with Gasteiger partial charge >= 0.3 is 0 Å². The number of Topliss-reactive ketones (excluding diaryl/α,β-unsaturated/α-hetero) is 1. The van der Waals surface area contributed by atoms with Crippen LogP contribution in [-0.4, -0.2) is 32.0 Å². The van der Waals surface area contributed by atoms with Crippen molar-refractivity contribution in [2.75, 3.05) is 26.2 Å². The Morgan fingerprint density at radius 2 is 1.91 bits per heavy atom. The zero-order valence-electron chi connectivity index (χ0n) is 6.65. The molecule has 3 nitrogen and oxygen atoms in total. The first-order valence-electron chi connectivity index (χ1n) is 4.28. The van der Waals surface area contributed by atoms with Gasteiger partial charge in [-0.1, -0.05) is 0 Å². The topological polar surface area (TPSA) is 41.1 Å². The lowest BCUT2D eigenvalue weighted by Crippen LogP contribution is -2.46. The summed E-state index contributed by atoms with van der Waals surface area (Å²) in [6, 6.07) is 0. The maximum absolute atomic E-state index is 11.5. The Labute approximate surface area is 66.5 Å². The third kappa shape index (κ3) is 1.08. The van der Waals surface area contributed by atoms with Crippen molar-refractivity contribution >= 4 is 5.78 Å². The Morgan fingerprint density at radius 3 is 2.45 bits per heavy atom. The normalized spacial score (nSPS) is 38.4. The summed E-state index contributed by atoms with van der Waals surface area (Å²) in [5.41, 5.74) is 0.0191. The van der Waals surface area contributed by atoms with Crippen LogP contribution in [0.1, 0.15) is 12.8 Å². The Bertz CT molecular complexity index is 173. The fraction of sp³-hybridized carbons (Fsp3) is 0.875. The second-order valence-corrected chi connectivity index (χ2v) is 3.56. The summed E-state index contributed by atoms with van der Waals surface area (Å²) >= 11 is 0. The van der Waals surface area contributed by atoms with Gasteiger partial charge in [-0.15, -0.1) is 0 Å². The molecule has 0 radical (unpaired) electrons. The monoisotopic (exact) mass is 154 g/mol. The summed E-state index contributed by atoms with van der Waals surface area (Å²) in [5, 5.41) is 6.37. The van der Waals surface area contributed by atoms with Gasteiger partial charge in [0.1, 0.15) is 0 Å². The van der Waals surface area contributed by atoms with Crippen LogP contribution >= 0.6 is 0 Å². The van der Waals surface area contributed by atoms with E-state index < -0.39 is 0 Å². The van der Waals surface area contributed by atoms with Crippen molar-refractivity contribution in [2.24, 2.45) is 5.41 Å². The quantitative estimate of drug-likeness (QED) is 0.495. The maximum atomic E-state index is 11.5. The molecule has 2 aliphatic heterocycles. The molecule has 3 heteroatoms. The fourth-order valence-electron chi connectivity index (χ4n) is 2.05. The van der Waals surface area contributed by atoms with E-state index in [9.17, 15) is 4.79 Å². The van der Waals surface area contributed by atoms with Crippen molar-refractivity contribution in [1.29, 1.82) is 0 Å². The van der Waals surface area contributed by atoms with Crippen LogP contribution in [0.25, 0.3) is 0 Å². The number of nitrogens with one attached hydrogen (secondary N) is 2. The predicted octanol–water partition coefficient (Wildman–Crippen LogP) is -0.472. The lowest BCUT2D eigenvalue weighted by Gasteiger charge is -2.30. The highest BCUT2D eigenvalue weighted by Crippen LogP contribution is 2.31. The van der Waals surface area contributed by atoms with Crippen LogP contribution in [0.5, 0.6) is 0 Å². The van der Waals surface area contributed by atoms with E-state index in [0.717, 1.165) is 32.5 Å². The Hall–Kier alpha value is -0.410. The van der Waals surface area contributed by atoms with Gasteiger partial charge in [-0.3, -0.25) is 4.79 Å².